The van der Waals surface area contributed by atoms with Crippen molar-refractivity contribution in [3.05, 3.63) is 40.4 Å². The van der Waals surface area contributed by atoms with E-state index in [0.717, 1.165) is 30.4 Å². The molecule has 2 rings (SSSR count). The van der Waals surface area contributed by atoms with Gasteiger partial charge in [0, 0.05) is 11.1 Å². The van der Waals surface area contributed by atoms with Crippen LogP contribution in [0.25, 0.3) is 6.08 Å². The summed E-state index contributed by atoms with van der Waals surface area (Å²) in [6, 6.07) is 5.45. The Hall–Kier alpha value is -0.960. The van der Waals surface area contributed by atoms with Crippen LogP contribution in [-0.4, -0.2) is 6.18 Å². The van der Waals surface area contributed by atoms with E-state index in [0.29, 0.717) is 16.5 Å². The van der Waals surface area contributed by atoms with Crippen LogP contribution >= 0.6 is 11.6 Å². The van der Waals surface area contributed by atoms with Crippen LogP contribution in [0.2, 0.25) is 5.02 Å². The summed E-state index contributed by atoms with van der Waals surface area (Å²) in [5.41, 5.74) is 1.58. The molecule has 1 aromatic carbocycles. The summed E-state index contributed by atoms with van der Waals surface area (Å²) in [5.74, 6) is 1.33. The molecule has 0 heterocycles. The van der Waals surface area contributed by atoms with E-state index in [1.165, 1.54) is 25.7 Å². The van der Waals surface area contributed by atoms with E-state index < -0.39 is 6.18 Å². The zero-order valence-corrected chi connectivity index (χ0v) is 13.6. The normalized spacial score (nSPS) is 23.1. The predicted octanol–water partition coefficient (Wildman–Crippen LogP) is 6.99. The standard InChI is InChI=1S/C18H22ClF3/c1-2-3-13-4-6-14(7-5-13)16-9-8-15(17(19)12-16)10-11-18(20,21)22/h8-14H,2-7H2,1H3. The average molecular weight is 331 g/mol. The molecule has 4 heteroatoms. The highest BCUT2D eigenvalue weighted by Crippen LogP contribution is 2.38. The van der Waals surface area contributed by atoms with Gasteiger partial charge in [0.25, 0.3) is 0 Å². The number of benzene rings is 1. The lowest BCUT2D eigenvalue weighted by atomic mass is 9.77. The molecule has 0 aromatic heterocycles. The van der Waals surface area contributed by atoms with Crippen LogP contribution in [0.3, 0.4) is 0 Å². The molecule has 0 spiro atoms. The van der Waals surface area contributed by atoms with Crippen LogP contribution in [0.15, 0.2) is 24.3 Å². The second-order valence-corrected chi connectivity index (χ2v) is 6.57. The molecule has 1 aromatic rings. The highest BCUT2D eigenvalue weighted by atomic mass is 35.5. The van der Waals surface area contributed by atoms with Crippen molar-refractivity contribution in [3.8, 4) is 0 Å². The van der Waals surface area contributed by atoms with Gasteiger partial charge in [-0.3, -0.25) is 0 Å². The number of hydrogen-bond donors (Lipinski definition) is 0. The zero-order chi connectivity index (χ0) is 16.2. The van der Waals surface area contributed by atoms with Gasteiger partial charge in [-0.05, 0) is 60.8 Å². The van der Waals surface area contributed by atoms with Gasteiger partial charge in [0.05, 0.1) is 0 Å². The molecule has 0 saturated heterocycles. The molecular formula is C18H22ClF3. The summed E-state index contributed by atoms with van der Waals surface area (Å²) < 4.78 is 36.6. The Bertz CT molecular complexity index is 512. The Morgan fingerprint density at radius 3 is 2.41 bits per heavy atom. The smallest absolute Gasteiger partial charge is 0.167 e. The number of hydrogen-bond acceptors (Lipinski definition) is 0. The van der Waals surface area contributed by atoms with Gasteiger partial charge >= 0.3 is 6.18 Å². The monoisotopic (exact) mass is 330 g/mol. The number of allylic oxidation sites excluding steroid dienone is 1. The summed E-state index contributed by atoms with van der Waals surface area (Å²) in [6.45, 7) is 2.22. The fourth-order valence-electron chi connectivity index (χ4n) is 3.31. The molecule has 1 aliphatic rings. The maximum atomic E-state index is 12.2. The molecule has 0 radical (unpaired) electrons. The predicted molar refractivity (Wildman–Crippen MR) is 86.1 cm³/mol. The van der Waals surface area contributed by atoms with Crippen LogP contribution in [0.1, 0.15) is 62.5 Å². The summed E-state index contributed by atoms with van der Waals surface area (Å²) >= 11 is 6.14. The van der Waals surface area contributed by atoms with Crippen molar-refractivity contribution < 1.29 is 13.2 Å². The van der Waals surface area contributed by atoms with Crippen molar-refractivity contribution >= 4 is 17.7 Å². The first kappa shape index (κ1) is 17.4. The maximum Gasteiger partial charge on any atom is 0.409 e. The van der Waals surface area contributed by atoms with E-state index >= 15 is 0 Å². The molecule has 0 bridgehead atoms. The molecule has 0 aliphatic heterocycles. The Kier molecular flexibility index (Phi) is 5.96. The third-order valence-electron chi connectivity index (χ3n) is 4.49. The van der Waals surface area contributed by atoms with E-state index in [4.69, 9.17) is 11.6 Å². The van der Waals surface area contributed by atoms with Gasteiger partial charge in [-0.2, -0.15) is 13.2 Å². The van der Waals surface area contributed by atoms with Crippen LogP contribution < -0.4 is 0 Å². The van der Waals surface area contributed by atoms with Crippen molar-refractivity contribution in [1.82, 2.24) is 0 Å². The maximum absolute atomic E-state index is 12.2. The Balaban J connectivity index is 2.02. The van der Waals surface area contributed by atoms with Gasteiger partial charge in [-0.25, -0.2) is 0 Å². The molecule has 0 N–H and O–H groups in total. The quantitative estimate of drug-likeness (QED) is 0.558. The molecule has 122 valence electrons. The number of halogens is 4. The molecule has 0 unspecified atom stereocenters. The third-order valence-corrected chi connectivity index (χ3v) is 4.82. The van der Waals surface area contributed by atoms with Crippen molar-refractivity contribution in [1.29, 1.82) is 0 Å². The Morgan fingerprint density at radius 2 is 1.86 bits per heavy atom. The molecule has 0 nitrogen and oxygen atoms in total. The van der Waals surface area contributed by atoms with Crippen molar-refractivity contribution in [2.45, 2.75) is 57.5 Å². The zero-order valence-electron chi connectivity index (χ0n) is 12.8. The molecular weight excluding hydrogens is 309 g/mol. The van der Waals surface area contributed by atoms with E-state index in [2.05, 4.69) is 6.92 Å². The van der Waals surface area contributed by atoms with Gasteiger partial charge in [-0.15, -0.1) is 0 Å². The molecule has 0 amide bonds. The Morgan fingerprint density at radius 1 is 1.18 bits per heavy atom. The first-order valence-electron chi connectivity index (χ1n) is 7.94. The molecule has 1 aliphatic carbocycles. The van der Waals surface area contributed by atoms with E-state index in [9.17, 15) is 13.2 Å². The van der Waals surface area contributed by atoms with Gasteiger partial charge in [0.1, 0.15) is 0 Å². The first-order chi connectivity index (χ1) is 10.4. The van der Waals surface area contributed by atoms with Crippen molar-refractivity contribution in [2.24, 2.45) is 5.92 Å². The highest BCUT2D eigenvalue weighted by Gasteiger charge is 2.23. The second-order valence-electron chi connectivity index (χ2n) is 6.16. The summed E-state index contributed by atoms with van der Waals surface area (Å²) in [6.07, 6.45) is 4.28. The van der Waals surface area contributed by atoms with Gasteiger partial charge in [0.2, 0.25) is 0 Å². The summed E-state index contributed by atoms with van der Waals surface area (Å²) in [7, 11) is 0. The second kappa shape index (κ2) is 7.54. The van der Waals surface area contributed by atoms with E-state index in [1.54, 1.807) is 6.07 Å². The third kappa shape index (κ3) is 5.05. The van der Waals surface area contributed by atoms with Crippen LogP contribution in [0.5, 0.6) is 0 Å². The lowest BCUT2D eigenvalue weighted by Gasteiger charge is -2.28. The Labute approximate surface area is 135 Å². The minimum absolute atomic E-state index is 0.226. The lowest BCUT2D eigenvalue weighted by molar-refractivity contribution is -0.0790. The minimum atomic E-state index is -4.31. The SMILES string of the molecule is CCCC1CCC(c2ccc(C=CC(F)(F)F)c(Cl)c2)CC1. The number of alkyl halides is 3. The molecule has 0 atom stereocenters. The van der Waals surface area contributed by atoms with Gasteiger partial charge < -0.3 is 0 Å². The van der Waals surface area contributed by atoms with Gasteiger partial charge in [0.15, 0.2) is 0 Å². The van der Waals surface area contributed by atoms with E-state index in [-0.39, 0.29) is 6.08 Å². The highest BCUT2D eigenvalue weighted by molar-refractivity contribution is 6.32. The van der Waals surface area contributed by atoms with E-state index in [1.807, 2.05) is 12.1 Å². The van der Waals surface area contributed by atoms with Crippen LogP contribution in [0, 0.1) is 5.92 Å². The molecule has 1 fully saturated rings. The minimum Gasteiger partial charge on any atom is -0.167 e. The van der Waals surface area contributed by atoms with Gasteiger partial charge in [-0.1, -0.05) is 43.5 Å². The van der Waals surface area contributed by atoms with Crippen molar-refractivity contribution in [2.75, 3.05) is 0 Å². The summed E-state index contributed by atoms with van der Waals surface area (Å²) in [5, 5.41) is 0.397. The topological polar surface area (TPSA) is 0 Å². The number of rotatable bonds is 4. The lowest BCUT2D eigenvalue weighted by Crippen LogP contribution is -2.13. The average Bonchev–Trinajstić information content (AvgIpc) is 2.46. The fourth-order valence-corrected chi connectivity index (χ4v) is 3.56. The largest absolute Gasteiger partial charge is 0.409 e. The van der Waals surface area contributed by atoms with Crippen molar-refractivity contribution in [3.63, 3.8) is 0 Å². The van der Waals surface area contributed by atoms with Crippen LogP contribution in [0.4, 0.5) is 13.2 Å². The first-order valence-corrected chi connectivity index (χ1v) is 8.32. The fraction of sp³-hybridized carbons (Fsp3) is 0.556. The molecule has 22 heavy (non-hydrogen) atoms. The van der Waals surface area contributed by atoms with Crippen LogP contribution in [-0.2, 0) is 0 Å². The molecule has 1 saturated carbocycles. The summed E-state index contributed by atoms with van der Waals surface area (Å²) in [4.78, 5) is 0.